The first-order chi connectivity index (χ1) is 13.8. The van der Waals surface area contributed by atoms with Crippen molar-refractivity contribution in [1.82, 2.24) is 9.97 Å². The topological polar surface area (TPSA) is 25.8 Å². The van der Waals surface area contributed by atoms with Crippen molar-refractivity contribution >= 4 is 0 Å². The Morgan fingerprint density at radius 1 is 0.448 bits per heavy atom. The number of hydrogen-bond donors (Lipinski definition) is 0. The van der Waals surface area contributed by atoms with Crippen molar-refractivity contribution in [3.05, 3.63) is 130 Å². The summed E-state index contributed by atoms with van der Waals surface area (Å²) in [5.41, 5.74) is 8.97. The molecule has 2 aromatic heterocycles. The summed E-state index contributed by atoms with van der Waals surface area (Å²) in [5.74, 6) is 0. The number of hydrogen-bond acceptors (Lipinski definition) is 2. The number of aromatic nitrogens is 2. The normalized spacial score (nSPS) is 12.7. The largest absolute Gasteiger partial charge is 2.00 e. The van der Waals surface area contributed by atoms with Gasteiger partial charge in [-0.3, -0.25) is 9.97 Å². The molecule has 3 heteroatoms. The van der Waals surface area contributed by atoms with Gasteiger partial charge in [-0.1, -0.05) is 12.1 Å². The van der Waals surface area contributed by atoms with Gasteiger partial charge in [-0.05, 0) is 49.9 Å². The van der Waals surface area contributed by atoms with Crippen LogP contribution in [0.3, 0.4) is 0 Å². The summed E-state index contributed by atoms with van der Waals surface area (Å²) in [6.07, 6.45) is 3.16. The van der Waals surface area contributed by atoms with Gasteiger partial charge in [0.2, 0.25) is 0 Å². The Morgan fingerprint density at radius 3 is 1.03 bits per heavy atom. The van der Waals surface area contributed by atoms with Crippen LogP contribution in [-0.4, -0.2) is 9.97 Å². The Bertz CT molecular complexity index is 886. The molecule has 2 nitrogen and oxygen atoms in total. The van der Waals surface area contributed by atoms with E-state index in [2.05, 4.69) is 84.9 Å². The van der Waals surface area contributed by atoms with Gasteiger partial charge in [-0.15, -0.1) is 0 Å². The van der Waals surface area contributed by atoms with E-state index in [-0.39, 0.29) is 21.1 Å². The van der Waals surface area contributed by atoms with E-state index in [1.54, 1.807) is 0 Å². The zero-order valence-electron chi connectivity index (χ0n) is 16.0. The third kappa shape index (κ3) is 4.89. The molecule has 1 aliphatic heterocycles. The molecule has 0 N–H and O–H groups in total. The van der Waals surface area contributed by atoms with E-state index in [9.17, 15) is 0 Å². The van der Waals surface area contributed by atoms with Gasteiger partial charge in [-0.2, -0.15) is 70.8 Å². The van der Waals surface area contributed by atoms with Crippen molar-refractivity contribution in [1.29, 1.82) is 0 Å². The molecule has 3 heterocycles. The molecule has 0 saturated carbocycles. The number of pyridine rings is 2. The van der Waals surface area contributed by atoms with Crippen LogP contribution in [0, 0.1) is 12.1 Å². The Kier molecular flexibility index (Phi) is 6.02. The van der Waals surface area contributed by atoms with E-state index in [4.69, 9.17) is 9.97 Å². The minimum Gasteiger partial charge on any atom is -0.257 e. The summed E-state index contributed by atoms with van der Waals surface area (Å²) in [7, 11) is 0. The van der Waals surface area contributed by atoms with Crippen LogP contribution in [0.25, 0.3) is 0 Å². The van der Waals surface area contributed by atoms with Crippen molar-refractivity contribution in [2.24, 2.45) is 0 Å². The Hall–Kier alpha value is -2.57. The van der Waals surface area contributed by atoms with Crippen LogP contribution >= 0.6 is 0 Å². The molecule has 0 unspecified atom stereocenters. The van der Waals surface area contributed by atoms with Gasteiger partial charge >= 0.3 is 21.1 Å². The van der Waals surface area contributed by atoms with Gasteiger partial charge in [0.05, 0.1) is 0 Å². The van der Waals surface area contributed by atoms with Gasteiger partial charge in [-0.25, -0.2) is 0 Å². The standard InChI is InChI=1S/C26H20N2.Pt/c1-5-19-13-20(6-1)16-24-10-4-12-26(28-24)18-22-8-2-7-21(14-22)17-25-11-3-9-23(15-19)27-25;/h1-12H,15-18H2;/q-2;+2. The van der Waals surface area contributed by atoms with E-state index in [0.29, 0.717) is 0 Å². The monoisotopic (exact) mass is 555 g/mol. The second-order valence-electron chi connectivity index (χ2n) is 7.35. The molecule has 0 aliphatic carbocycles. The van der Waals surface area contributed by atoms with Crippen LogP contribution in [-0.2, 0) is 46.7 Å². The number of benzene rings is 2. The average Bonchev–Trinajstić information content (AvgIpc) is 2.69. The third-order valence-electron chi connectivity index (χ3n) is 5.05. The first-order valence-electron chi connectivity index (χ1n) is 9.70. The fourth-order valence-electron chi connectivity index (χ4n) is 3.79. The fraction of sp³-hybridized carbons (Fsp3) is 0.154. The maximum Gasteiger partial charge on any atom is 2.00 e. The molecule has 2 aromatic carbocycles. The van der Waals surface area contributed by atoms with Crippen LogP contribution in [0.4, 0.5) is 0 Å². The van der Waals surface area contributed by atoms with Gasteiger partial charge in [0.25, 0.3) is 0 Å². The summed E-state index contributed by atoms with van der Waals surface area (Å²) in [4.78, 5) is 9.76. The van der Waals surface area contributed by atoms with Crippen molar-refractivity contribution in [2.45, 2.75) is 25.7 Å². The first-order valence-corrected chi connectivity index (χ1v) is 9.70. The van der Waals surface area contributed by atoms with Crippen molar-refractivity contribution in [3.8, 4) is 0 Å². The SMILES string of the molecule is [Pt+2].[c-]1c2cccc1Cc1cccc(n1)Cc1[c-]c(ccc1)Cc1cccc(n1)C2. The minimum absolute atomic E-state index is 0. The van der Waals surface area contributed by atoms with E-state index in [0.717, 1.165) is 48.5 Å². The van der Waals surface area contributed by atoms with Gasteiger partial charge < -0.3 is 0 Å². The molecule has 0 fully saturated rings. The smallest absolute Gasteiger partial charge is 0.257 e. The van der Waals surface area contributed by atoms with Crippen LogP contribution in [0.15, 0.2) is 72.8 Å². The molecule has 0 spiro atoms. The Morgan fingerprint density at radius 2 is 0.724 bits per heavy atom. The molecular formula is C26H20N2Pt. The predicted molar refractivity (Wildman–Crippen MR) is 110 cm³/mol. The zero-order valence-corrected chi connectivity index (χ0v) is 18.2. The molecule has 1 aliphatic rings. The van der Waals surface area contributed by atoms with E-state index in [1.807, 2.05) is 0 Å². The summed E-state index contributed by atoms with van der Waals surface area (Å²) in [6.45, 7) is 0. The molecule has 144 valence electrons. The summed E-state index contributed by atoms with van der Waals surface area (Å²) >= 11 is 0. The quantitative estimate of drug-likeness (QED) is 0.258. The molecule has 0 amide bonds. The summed E-state index contributed by atoms with van der Waals surface area (Å²) < 4.78 is 0. The van der Waals surface area contributed by atoms with Crippen LogP contribution in [0.1, 0.15) is 45.0 Å². The molecule has 0 saturated heterocycles. The summed E-state index contributed by atoms with van der Waals surface area (Å²) in [6, 6.07) is 32.4. The molecule has 8 bridgehead atoms. The predicted octanol–water partition coefficient (Wildman–Crippen LogP) is 4.75. The maximum absolute atomic E-state index is 4.88. The fourth-order valence-corrected chi connectivity index (χ4v) is 3.79. The summed E-state index contributed by atoms with van der Waals surface area (Å²) in [5, 5.41) is 0. The molecule has 0 atom stereocenters. The number of fused-ring (bicyclic) bond motifs is 8. The van der Waals surface area contributed by atoms with Gasteiger partial charge in [0.1, 0.15) is 0 Å². The van der Waals surface area contributed by atoms with Crippen LogP contribution in [0.5, 0.6) is 0 Å². The molecule has 29 heavy (non-hydrogen) atoms. The van der Waals surface area contributed by atoms with Crippen LogP contribution < -0.4 is 0 Å². The Labute approximate surface area is 186 Å². The minimum atomic E-state index is 0. The van der Waals surface area contributed by atoms with Crippen molar-refractivity contribution < 1.29 is 21.1 Å². The van der Waals surface area contributed by atoms with Crippen LogP contribution in [0.2, 0.25) is 0 Å². The molecular weight excluding hydrogens is 535 g/mol. The van der Waals surface area contributed by atoms with E-state index < -0.39 is 0 Å². The van der Waals surface area contributed by atoms with Crippen molar-refractivity contribution in [2.75, 3.05) is 0 Å². The zero-order chi connectivity index (χ0) is 18.8. The molecule has 5 rings (SSSR count). The number of rotatable bonds is 0. The third-order valence-corrected chi connectivity index (χ3v) is 5.05. The van der Waals surface area contributed by atoms with E-state index >= 15 is 0 Å². The van der Waals surface area contributed by atoms with Gasteiger partial charge in [0, 0.05) is 22.8 Å². The Balaban J connectivity index is 0.00000205. The molecule has 0 radical (unpaired) electrons. The second kappa shape index (κ2) is 8.84. The van der Waals surface area contributed by atoms with E-state index in [1.165, 1.54) is 22.3 Å². The first kappa shape index (κ1) is 19.7. The second-order valence-corrected chi connectivity index (χ2v) is 7.35. The average molecular weight is 556 g/mol. The number of nitrogens with zero attached hydrogens (tertiary/aromatic N) is 2. The maximum atomic E-state index is 4.88. The van der Waals surface area contributed by atoms with Crippen molar-refractivity contribution in [3.63, 3.8) is 0 Å². The van der Waals surface area contributed by atoms with Gasteiger partial charge in [0.15, 0.2) is 0 Å². The molecule has 4 aromatic rings.